The van der Waals surface area contributed by atoms with Crippen molar-refractivity contribution in [1.82, 2.24) is 0 Å². The molecule has 0 aromatic heterocycles. The van der Waals surface area contributed by atoms with Crippen molar-refractivity contribution in [2.75, 3.05) is 0 Å². The summed E-state index contributed by atoms with van der Waals surface area (Å²) in [7, 11) is -2.81. The summed E-state index contributed by atoms with van der Waals surface area (Å²) < 4.78 is 17.8. The van der Waals surface area contributed by atoms with Crippen LogP contribution < -0.4 is 16.4 Å². The van der Waals surface area contributed by atoms with Gasteiger partial charge in [0.25, 0.3) is 0 Å². The molecule has 0 aliphatic carbocycles. The molecule has 3 aromatic carbocycles. The van der Waals surface area contributed by atoms with Gasteiger partial charge in [0.2, 0.25) is 0 Å². The van der Waals surface area contributed by atoms with Gasteiger partial charge in [-0.3, -0.25) is 0 Å². The van der Waals surface area contributed by atoms with E-state index in [0.717, 1.165) is 0 Å². The Bertz CT molecular complexity index is 1020. The van der Waals surface area contributed by atoms with Gasteiger partial charge in [0, 0.05) is 0 Å². The minimum absolute atomic E-state index is 0.104. The van der Waals surface area contributed by atoms with E-state index in [1.807, 2.05) is 0 Å². The quantitative estimate of drug-likeness (QED) is 0.460. The van der Waals surface area contributed by atoms with Crippen LogP contribution in [0.15, 0.2) is 72.8 Å². The molecular formula is C21H15B3O9. The summed E-state index contributed by atoms with van der Waals surface area (Å²) in [5.41, 5.74) is 1.94. The van der Waals surface area contributed by atoms with Crippen LogP contribution in [-0.4, -0.2) is 54.6 Å². The van der Waals surface area contributed by atoms with Crippen molar-refractivity contribution in [3.05, 3.63) is 89.5 Å². The van der Waals surface area contributed by atoms with Crippen molar-refractivity contribution in [1.29, 1.82) is 0 Å². The van der Waals surface area contributed by atoms with E-state index in [0.29, 0.717) is 16.4 Å². The summed E-state index contributed by atoms with van der Waals surface area (Å²) in [4.78, 5) is 33.4. The van der Waals surface area contributed by atoms with Gasteiger partial charge in [0.15, 0.2) is 0 Å². The molecule has 0 radical (unpaired) electrons. The molecule has 0 unspecified atom stereocenters. The fourth-order valence-corrected chi connectivity index (χ4v) is 3.25. The van der Waals surface area contributed by atoms with Crippen molar-refractivity contribution in [2.24, 2.45) is 0 Å². The third-order valence-electron chi connectivity index (χ3n) is 5.03. The molecule has 1 fully saturated rings. The second-order valence-electron chi connectivity index (χ2n) is 7.19. The Hall–Kier alpha value is -3.86. The summed E-state index contributed by atoms with van der Waals surface area (Å²) in [6.07, 6.45) is 0. The van der Waals surface area contributed by atoms with Crippen LogP contribution in [0.5, 0.6) is 0 Å². The summed E-state index contributed by atoms with van der Waals surface area (Å²) in [5.74, 6) is -3.20. The molecule has 3 aromatic rings. The van der Waals surface area contributed by atoms with Crippen LogP contribution in [0.1, 0.15) is 31.1 Å². The molecule has 0 bridgehead atoms. The van der Waals surface area contributed by atoms with Gasteiger partial charge in [-0.1, -0.05) is 36.4 Å². The fraction of sp³-hybridized carbons (Fsp3) is 0. The Morgan fingerprint density at radius 1 is 0.455 bits per heavy atom. The number of benzene rings is 3. The van der Waals surface area contributed by atoms with Gasteiger partial charge in [0.1, 0.15) is 0 Å². The summed E-state index contributed by atoms with van der Waals surface area (Å²) in [6, 6.07) is 17.9. The van der Waals surface area contributed by atoms with E-state index in [2.05, 4.69) is 0 Å². The third-order valence-corrected chi connectivity index (χ3v) is 5.03. The highest BCUT2D eigenvalue weighted by Crippen LogP contribution is 2.12. The van der Waals surface area contributed by atoms with Gasteiger partial charge in [-0.15, -0.1) is 0 Å². The van der Waals surface area contributed by atoms with Gasteiger partial charge in [-0.05, 0) is 52.8 Å². The van der Waals surface area contributed by atoms with Gasteiger partial charge < -0.3 is 29.0 Å². The maximum Gasteiger partial charge on any atom is 0.467 e. The lowest BCUT2D eigenvalue weighted by Crippen LogP contribution is -2.61. The number of carbonyl (C=O) groups is 3. The molecule has 9 nitrogen and oxygen atoms in total. The molecule has 0 saturated carbocycles. The summed E-state index contributed by atoms with van der Waals surface area (Å²) in [6.45, 7) is 0. The Morgan fingerprint density at radius 3 is 0.848 bits per heavy atom. The first-order chi connectivity index (χ1) is 15.8. The normalized spacial score (nSPS) is 13.6. The van der Waals surface area contributed by atoms with E-state index in [9.17, 15) is 14.4 Å². The Balaban J connectivity index is 1.65. The predicted octanol–water partition coefficient (Wildman–Crippen LogP) is 0.331. The maximum atomic E-state index is 11.1. The van der Waals surface area contributed by atoms with Crippen LogP contribution in [-0.2, 0) is 13.7 Å². The predicted molar refractivity (Wildman–Crippen MR) is 120 cm³/mol. The van der Waals surface area contributed by atoms with Crippen LogP contribution >= 0.6 is 0 Å². The largest absolute Gasteiger partial charge is 0.478 e. The van der Waals surface area contributed by atoms with Crippen LogP contribution in [0.2, 0.25) is 0 Å². The minimum atomic E-state index is -1.07. The Morgan fingerprint density at radius 2 is 0.667 bits per heavy atom. The number of hydrogen-bond acceptors (Lipinski definition) is 6. The van der Waals surface area contributed by atoms with Crippen molar-refractivity contribution in [2.45, 2.75) is 0 Å². The van der Waals surface area contributed by atoms with Gasteiger partial charge >= 0.3 is 39.3 Å². The number of aromatic carboxylic acids is 3. The average molecular weight is 444 g/mol. The topological polar surface area (TPSA) is 140 Å². The second-order valence-corrected chi connectivity index (χ2v) is 7.19. The van der Waals surface area contributed by atoms with E-state index in [-0.39, 0.29) is 16.7 Å². The number of carboxylic acids is 3. The highest BCUT2D eigenvalue weighted by atomic mass is 16.7. The van der Waals surface area contributed by atoms with Gasteiger partial charge in [-0.2, -0.15) is 0 Å². The molecule has 1 aliphatic rings. The Labute approximate surface area is 189 Å². The number of hydrogen-bond donors (Lipinski definition) is 3. The lowest BCUT2D eigenvalue weighted by atomic mass is 9.61. The molecule has 0 atom stereocenters. The molecule has 1 aliphatic heterocycles. The SMILES string of the molecule is O=C(O)c1ccc(B2OB(c3ccc(C(=O)O)cc3)OB(c3ccc(C(=O)O)cc3)O2)cc1. The lowest BCUT2D eigenvalue weighted by Gasteiger charge is -2.31. The first-order valence-electron chi connectivity index (χ1n) is 9.78. The van der Waals surface area contributed by atoms with Crippen LogP contribution in [0.25, 0.3) is 0 Å². The molecule has 33 heavy (non-hydrogen) atoms. The van der Waals surface area contributed by atoms with E-state index in [4.69, 9.17) is 29.0 Å². The zero-order valence-electron chi connectivity index (χ0n) is 17.0. The highest BCUT2D eigenvalue weighted by molar-refractivity contribution is 6.87. The van der Waals surface area contributed by atoms with E-state index in [1.54, 1.807) is 36.4 Å². The first kappa shape index (κ1) is 22.3. The summed E-state index contributed by atoms with van der Waals surface area (Å²) >= 11 is 0. The molecule has 0 amide bonds. The van der Waals surface area contributed by atoms with Crippen molar-refractivity contribution in [3.8, 4) is 0 Å². The van der Waals surface area contributed by atoms with E-state index >= 15 is 0 Å². The fourth-order valence-electron chi connectivity index (χ4n) is 3.25. The molecule has 4 rings (SSSR count). The van der Waals surface area contributed by atoms with Crippen molar-refractivity contribution in [3.63, 3.8) is 0 Å². The van der Waals surface area contributed by atoms with Crippen molar-refractivity contribution < 1.29 is 43.4 Å². The Kier molecular flexibility index (Phi) is 6.32. The standard InChI is InChI=1S/C21H15B3O9/c25-19(26)13-1-7-16(8-2-13)22-31-23(17-9-3-14(4-10-17)20(27)28)33-24(32-22)18-11-5-15(6-12-18)21(29)30/h1-12H,(H,25,26)(H,27,28)(H,29,30). The first-order valence-corrected chi connectivity index (χ1v) is 9.78. The third kappa shape index (κ3) is 4.98. The monoisotopic (exact) mass is 444 g/mol. The molecular weight excluding hydrogens is 429 g/mol. The summed E-state index contributed by atoms with van der Waals surface area (Å²) in [5, 5.41) is 27.4. The van der Waals surface area contributed by atoms with E-state index < -0.39 is 39.3 Å². The highest BCUT2D eigenvalue weighted by Gasteiger charge is 2.43. The van der Waals surface area contributed by atoms with Crippen molar-refractivity contribution >= 4 is 55.7 Å². The van der Waals surface area contributed by atoms with Crippen LogP contribution in [0, 0.1) is 0 Å². The van der Waals surface area contributed by atoms with E-state index in [1.165, 1.54) is 36.4 Å². The molecule has 12 heteroatoms. The van der Waals surface area contributed by atoms with Gasteiger partial charge in [0.05, 0.1) is 16.7 Å². The van der Waals surface area contributed by atoms with Crippen LogP contribution in [0.3, 0.4) is 0 Å². The number of rotatable bonds is 6. The molecule has 1 saturated heterocycles. The zero-order valence-corrected chi connectivity index (χ0v) is 17.0. The van der Waals surface area contributed by atoms with Gasteiger partial charge in [-0.25, -0.2) is 14.4 Å². The smallest absolute Gasteiger partial charge is 0.467 e. The minimum Gasteiger partial charge on any atom is -0.478 e. The maximum absolute atomic E-state index is 11.1. The molecule has 0 spiro atoms. The average Bonchev–Trinajstić information content (AvgIpc) is 2.84. The van der Waals surface area contributed by atoms with Crippen LogP contribution in [0.4, 0.5) is 0 Å². The molecule has 1 heterocycles. The zero-order chi connectivity index (χ0) is 23.5. The second kappa shape index (κ2) is 9.33. The number of carboxylic acid groups (broad SMARTS) is 3. The lowest BCUT2D eigenvalue weighted by molar-refractivity contribution is 0.0686. The molecule has 3 N–H and O–H groups in total. The molecule has 162 valence electrons.